The molecule has 3 rings (SSSR count). The minimum atomic E-state index is -0.619. The van der Waals surface area contributed by atoms with Gasteiger partial charge >= 0.3 is 5.97 Å². The second-order valence-corrected chi connectivity index (χ2v) is 5.43. The summed E-state index contributed by atoms with van der Waals surface area (Å²) < 4.78 is 4.98. The standard InChI is InChI=1S/C20H15NO4/c22-12-14-5-7-16(8-6-14)20(24)25-13-19(23)21-18-10-9-15-3-1-2-4-17(15)11-18/h1-12H,13H2,(H,21,23). The third kappa shape index (κ3) is 4.09. The first kappa shape index (κ1) is 16.4. The van der Waals surface area contributed by atoms with Crippen LogP contribution in [0.15, 0.2) is 66.7 Å². The van der Waals surface area contributed by atoms with E-state index in [4.69, 9.17) is 4.74 Å². The van der Waals surface area contributed by atoms with Gasteiger partial charge in [-0.1, -0.05) is 42.5 Å². The van der Waals surface area contributed by atoms with Crippen molar-refractivity contribution in [2.75, 3.05) is 11.9 Å². The molecule has 3 aromatic rings. The summed E-state index contributed by atoms with van der Waals surface area (Å²) in [5.41, 5.74) is 1.38. The Morgan fingerprint density at radius 2 is 1.64 bits per heavy atom. The lowest BCUT2D eigenvalue weighted by molar-refractivity contribution is -0.119. The fraction of sp³-hybridized carbons (Fsp3) is 0.0500. The SMILES string of the molecule is O=Cc1ccc(C(=O)OCC(=O)Nc2ccc3ccccc3c2)cc1. The molecule has 0 aromatic heterocycles. The Labute approximate surface area is 144 Å². The summed E-state index contributed by atoms with van der Waals surface area (Å²) in [7, 11) is 0. The summed E-state index contributed by atoms with van der Waals surface area (Å²) in [4.78, 5) is 34.4. The lowest BCUT2D eigenvalue weighted by Gasteiger charge is -2.08. The maximum atomic E-state index is 12.0. The van der Waals surface area contributed by atoms with Crippen molar-refractivity contribution >= 4 is 34.6 Å². The number of rotatable bonds is 5. The minimum absolute atomic E-state index is 0.282. The van der Waals surface area contributed by atoms with Gasteiger partial charge in [-0.05, 0) is 35.0 Å². The molecule has 0 radical (unpaired) electrons. The van der Waals surface area contributed by atoms with E-state index in [1.54, 1.807) is 6.07 Å². The molecule has 124 valence electrons. The van der Waals surface area contributed by atoms with E-state index in [-0.39, 0.29) is 12.2 Å². The van der Waals surface area contributed by atoms with Crippen LogP contribution in [0.5, 0.6) is 0 Å². The summed E-state index contributed by atoms with van der Waals surface area (Å²) in [6, 6.07) is 19.3. The Balaban J connectivity index is 1.57. The summed E-state index contributed by atoms with van der Waals surface area (Å²) in [6.07, 6.45) is 0.687. The van der Waals surface area contributed by atoms with E-state index in [9.17, 15) is 14.4 Å². The smallest absolute Gasteiger partial charge is 0.338 e. The van der Waals surface area contributed by atoms with Gasteiger partial charge in [0.15, 0.2) is 6.61 Å². The third-order valence-electron chi connectivity index (χ3n) is 3.65. The number of amides is 1. The number of hydrogen-bond acceptors (Lipinski definition) is 4. The molecule has 3 aromatic carbocycles. The highest BCUT2D eigenvalue weighted by Gasteiger charge is 2.10. The van der Waals surface area contributed by atoms with Gasteiger partial charge in [0.25, 0.3) is 5.91 Å². The Morgan fingerprint density at radius 1 is 0.920 bits per heavy atom. The van der Waals surface area contributed by atoms with E-state index < -0.39 is 11.9 Å². The number of ether oxygens (including phenoxy) is 1. The molecular weight excluding hydrogens is 318 g/mol. The van der Waals surface area contributed by atoms with E-state index in [1.165, 1.54) is 24.3 Å². The van der Waals surface area contributed by atoms with Crippen LogP contribution >= 0.6 is 0 Å². The molecule has 0 saturated heterocycles. The third-order valence-corrected chi connectivity index (χ3v) is 3.65. The number of benzene rings is 3. The first-order valence-corrected chi connectivity index (χ1v) is 7.67. The van der Waals surface area contributed by atoms with Gasteiger partial charge in [0.2, 0.25) is 0 Å². The molecule has 0 atom stereocenters. The molecule has 0 unspecified atom stereocenters. The number of anilines is 1. The molecule has 25 heavy (non-hydrogen) atoms. The van der Waals surface area contributed by atoms with Gasteiger partial charge in [-0.25, -0.2) is 4.79 Å². The normalized spacial score (nSPS) is 10.2. The topological polar surface area (TPSA) is 72.5 Å². The quantitative estimate of drug-likeness (QED) is 0.573. The van der Waals surface area contributed by atoms with E-state index >= 15 is 0 Å². The second kappa shape index (κ2) is 7.40. The van der Waals surface area contributed by atoms with E-state index in [0.717, 1.165) is 10.8 Å². The predicted molar refractivity (Wildman–Crippen MR) is 94.7 cm³/mol. The summed E-state index contributed by atoms with van der Waals surface area (Å²) in [6.45, 7) is -0.388. The van der Waals surface area contributed by atoms with Crippen LogP contribution in [0.4, 0.5) is 5.69 Å². The summed E-state index contributed by atoms with van der Waals surface area (Å²) in [5.74, 6) is -1.04. The van der Waals surface area contributed by atoms with Crippen molar-refractivity contribution in [3.05, 3.63) is 77.9 Å². The van der Waals surface area contributed by atoms with Gasteiger partial charge in [0.05, 0.1) is 5.56 Å². The molecule has 5 nitrogen and oxygen atoms in total. The number of carbonyl (C=O) groups is 3. The Kier molecular flexibility index (Phi) is 4.85. The van der Waals surface area contributed by atoms with Crippen molar-refractivity contribution in [2.24, 2.45) is 0 Å². The fourth-order valence-corrected chi connectivity index (χ4v) is 2.38. The minimum Gasteiger partial charge on any atom is -0.452 e. The van der Waals surface area contributed by atoms with Crippen LogP contribution in [0, 0.1) is 0 Å². The number of aldehydes is 1. The van der Waals surface area contributed by atoms with Crippen LogP contribution in [0.1, 0.15) is 20.7 Å². The molecule has 5 heteroatoms. The molecule has 0 aliphatic rings. The zero-order valence-corrected chi connectivity index (χ0v) is 13.3. The maximum absolute atomic E-state index is 12.0. The van der Waals surface area contributed by atoms with Gasteiger partial charge in [-0.15, -0.1) is 0 Å². The molecule has 1 amide bonds. The molecule has 0 heterocycles. The van der Waals surface area contributed by atoms with Crippen molar-refractivity contribution in [3.8, 4) is 0 Å². The molecule has 0 bridgehead atoms. The molecule has 0 spiro atoms. The first-order chi connectivity index (χ1) is 12.2. The monoisotopic (exact) mass is 333 g/mol. The number of hydrogen-bond donors (Lipinski definition) is 1. The number of fused-ring (bicyclic) bond motifs is 1. The highest BCUT2D eigenvalue weighted by atomic mass is 16.5. The molecule has 1 N–H and O–H groups in total. The van der Waals surface area contributed by atoms with Crippen molar-refractivity contribution in [1.29, 1.82) is 0 Å². The van der Waals surface area contributed by atoms with E-state index in [0.29, 0.717) is 17.5 Å². The van der Waals surface area contributed by atoms with Gasteiger partial charge < -0.3 is 10.1 Å². The highest BCUT2D eigenvalue weighted by molar-refractivity contribution is 5.97. The molecule has 0 fully saturated rings. The average Bonchev–Trinajstić information content (AvgIpc) is 2.66. The van der Waals surface area contributed by atoms with Gasteiger partial charge in [-0.2, -0.15) is 0 Å². The van der Waals surface area contributed by atoms with E-state index in [2.05, 4.69) is 5.32 Å². The molecular formula is C20H15NO4. The molecule has 0 aliphatic carbocycles. The van der Waals surface area contributed by atoms with Crippen molar-refractivity contribution < 1.29 is 19.1 Å². The van der Waals surface area contributed by atoms with E-state index in [1.807, 2.05) is 36.4 Å². The van der Waals surface area contributed by atoms with Crippen molar-refractivity contribution in [3.63, 3.8) is 0 Å². The second-order valence-electron chi connectivity index (χ2n) is 5.43. The van der Waals surface area contributed by atoms with Crippen molar-refractivity contribution in [2.45, 2.75) is 0 Å². The predicted octanol–water partition coefficient (Wildman–Crippen LogP) is 3.45. The van der Waals surface area contributed by atoms with Crippen LogP contribution in [-0.2, 0) is 9.53 Å². The Morgan fingerprint density at radius 3 is 2.36 bits per heavy atom. The highest BCUT2D eigenvalue weighted by Crippen LogP contribution is 2.18. The zero-order valence-electron chi connectivity index (χ0n) is 13.3. The zero-order chi connectivity index (χ0) is 17.6. The number of esters is 1. The maximum Gasteiger partial charge on any atom is 0.338 e. The molecule has 0 aliphatic heterocycles. The number of nitrogens with one attached hydrogen (secondary N) is 1. The lowest BCUT2D eigenvalue weighted by Crippen LogP contribution is -2.20. The lowest BCUT2D eigenvalue weighted by atomic mass is 10.1. The van der Waals surface area contributed by atoms with Crippen molar-refractivity contribution in [1.82, 2.24) is 0 Å². The van der Waals surface area contributed by atoms with Crippen LogP contribution < -0.4 is 5.32 Å². The van der Waals surface area contributed by atoms with Crippen LogP contribution in [0.3, 0.4) is 0 Å². The van der Waals surface area contributed by atoms with Gasteiger partial charge in [0, 0.05) is 11.3 Å². The number of carbonyl (C=O) groups excluding carboxylic acids is 3. The van der Waals surface area contributed by atoms with Gasteiger partial charge in [0.1, 0.15) is 6.29 Å². The first-order valence-electron chi connectivity index (χ1n) is 7.67. The Bertz CT molecular complexity index is 932. The van der Waals surface area contributed by atoms with Gasteiger partial charge in [-0.3, -0.25) is 9.59 Å². The summed E-state index contributed by atoms with van der Waals surface area (Å²) >= 11 is 0. The van der Waals surface area contributed by atoms with Crippen LogP contribution in [0.25, 0.3) is 10.8 Å². The fourth-order valence-electron chi connectivity index (χ4n) is 2.38. The average molecular weight is 333 g/mol. The largest absolute Gasteiger partial charge is 0.452 e. The van der Waals surface area contributed by atoms with Crippen LogP contribution in [-0.4, -0.2) is 24.8 Å². The summed E-state index contributed by atoms with van der Waals surface area (Å²) in [5, 5.41) is 4.78. The van der Waals surface area contributed by atoms with Crippen LogP contribution in [0.2, 0.25) is 0 Å². The molecule has 0 saturated carbocycles. The Hall–Kier alpha value is -3.47.